The first-order valence-corrected chi connectivity index (χ1v) is 9.01. The van der Waals surface area contributed by atoms with Crippen molar-refractivity contribution < 1.29 is 29.2 Å². The Hall–Kier alpha value is -1.79. The molecule has 0 bridgehead atoms. The average molecular weight is 354 g/mol. The van der Waals surface area contributed by atoms with Crippen LogP contribution in [-0.4, -0.2) is 29.6 Å². The van der Waals surface area contributed by atoms with Crippen LogP contribution in [0.1, 0.15) is 64.9 Å². The Morgan fingerprint density at radius 2 is 1.64 bits per heavy atom. The molecule has 0 atom stereocenters. The number of hydrogen-bond donors (Lipinski definition) is 2. The molecule has 0 saturated carbocycles. The highest BCUT2D eigenvalue weighted by Gasteiger charge is 2.37. The molecular formula is C19H30O6. The molecule has 25 heavy (non-hydrogen) atoms. The maximum absolute atomic E-state index is 10.8. The number of phenols is 1. The van der Waals surface area contributed by atoms with Crippen molar-refractivity contribution in [3.63, 3.8) is 0 Å². The number of aromatic hydroxyl groups is 1. The van der Waals surface area contributed by atoms with Crippen molar-refractivity contribution in [1.29, 1.82) is 0 Å². The summed E-state index contributed by atoms with van der Waals surface area (Å²) in [5, 5.41) is 19.4. The Bertz CT molecular complexity index is 519. The molecule has 0 unspecified atom stereocenters. The second kappa shape index (κ2) is 10.9. The van der Waals surface area contributed by atoms with Gasteiger partial charge in [-0.1, -0.05) is 46.1 Å². The lowest BCUT2D eigenvalue weighted by atomic mass is 9.98. The van der Waals surface area contributed by atoms with E-state index in [1.807, 2.05) is 6.92 Å². The van der Waals surface area contributed by atoms with Crippen LogP contribution in [-0.2, 0) is 15.3 Å². The van der Waals surface area contributed by atoms with Gasteiger partial charge in [-0.15, -0.1) is 0 Å². The Morgan fingerprint density at radius 3 is 2.12 bits per heavy atom. The van der Waals surface area contributed by atoms with Gasteiger partial charge in [0.1, 0.15) is 0 Å². The summed E-state index contributed by atoms with van der Waals surface area (Å²) >= 11 is 0. The van der Waals surface area contributed by atoms with Crippen LogP contribution in [0.2, 0.25) is 0 Å². The molecule has 1 aromatic rings. The summed E-state index contributed by atoms with van der Waals surface area (Å²) in [6.45, 7) is 7.14. The van der Waals surface area contributed by atoms with E-state index in [1.165, 1.54) is 6.07 Å². The van der Waals surface area contributed by atoms with Gasteiger partial charge in [0.05, 0.1) is 18.8 Å². The van der Waals surface area contributed by atoms with Crippen molar-refractivity contribution in [1.82, 2.24) is 0 Å². The molecule has 6 heteroatoms. The zero-order valence-corrected chi connectivity index (χ0v) is 15.4. The van der Waals surface area contributed by atoms with Crippen molar-refractivity contribution in [2.75, 3.05) is 13.2 Å². The number of phenolic OH excluding ortho intramolecular Hbond substituents is 1. The van der Waals surface area contributed by atoms with E-state index in [1.54, 1.807) is 12.1 Å². The van der Waals surface area contributed by atoms with Crippen LogP contribution in [0.3, 0.4) is 0 Å². The standard InChI is InChI=1S/C19H30O6/c1-4-7-13-23-19(12-6-3,24-14-8-5-2)15-10-9-11-16(17(15)20)25-18(21)22/h9-11,20H,4-8,12-14H2,1-3H3,(H,21,22). The summed E-state index contributed by atoms with van der Waals surface area (Å²) in [5.41, 5.74) is 0.403. The topological polar surface area (TPSA) is 85.2 Å². The monoisotopic (exact) mass is 354 g/mol. The molecule has 0 aliphatic heterocycles. The fourth-order valence-corrected chi connectivity index (χ4v) is 2.57. The molecular weight excluding hydrogens is 324 g/mol. The van der Waals surface area contributed by atoms with E-state index in [-0.39, 0.29) is 11.5 Å². The summed E-state index contributed by atoms with van der Waals surface area (Å²) in [7, 11) is 0. The SMILES string of the molecule is CCCCOC(CCC)(OCCCC)c1cccc(OC(=O)O)c1O. The van der Waals surface area contributed by atoms with E-state index < -0.39 is 11.9 Å². The van der Waals surface area contributed by atoms with Crippen LogP contribution in [0.5, 0.6) is 11.5 Å². The van der Waals surface area contributed by atoms with Crippen molar-refractivity contribution >= 4 is 6.16 Å². The number of unbranched alkanes of at least 4 members (excludes halogenated alkanes) is 2. The first kappa shape index (κ1) is 21.3. The third kappa shape index (κ3) is 6.21. The van der Waals surface area contributed by atoms with E-state index in [0.717, 1.165) is 32.1 Å². The highest BCUT2D eigenvalue weighted by molar-refractivity contribution is 5.63. The van der Waals surface area contributed by atoms with Gasteiger partial charge in [-0.25, -0.2) is 4.79 Å². The van der Waals surface area contributed by atoms with E-state index >= 15 is 0 Å². The number of ether oxygens (including phenoxy) is 3. The number of hydrogen-bond acceptors (Lipinski definition) is 5. The minimum absolute atomic E-state index is 0.122. The largest absolute Gasteiger partial charge is 0.511 e. The summed E-state index contributed by atoms with van der Waals surface area (Å²) in [6.07, 6.45) is 3.54. The van der Waals surface area contributed by atoms with Crippen molar-refractivity contribution in [3.8, 4) is 11.5 Å². The second-order valence-electron chi connectivity index (χ2n) is 5.93. The van der Waals surface area contributed by atoms with Gasteiger partial charge in [0, 0.05) is 6.42 Å². The van der Waals surface area contributed by atoms with Gasteiger partial charge in [0.25, 0.3) is 0 Å². The molecule has 142 valence electrons. The zero-order chi connectivity index (χ0) is 18.7. The zero-order valence-electron chi connectivity index (χ0n) is 15.4. The summed E-state index contributed by atoms with van der Waals surface area (Å²) < 4.78 is 16.9. The normalized spacial score (nSPS) is 11.5. The molecule has 0 amide bonds. The van der Waals surface area contributed by atoms with Crippen LogP contribution >= 0.6 is 0 Å². The van der Waals surface area contributed by atoms with Crippen molar-refractivity contribution in [2.45, 2.75) is 65.1 Å². The fourth-order valence-electron chi connectivity index (χ4n) is 2.57. The van der Waals surface area contributed by atoms with Crippen molar-refractivity contribution in [2.24, 2.45) is 0 Å². The quantitative estimate of drug-likeness (QED) is 0.237. The number of carboxylic acid groups (broad SMARTS) is 1. The first-order chi connectivity index (χ1) is 12.0. The summed E-state index contributed by atoms with van der Waals surface area (Å²) in [6, 6.07) is 4.73. The Kier molecular flexibility index (Phi) is 9.31. The van der Waals surface area contributed by atoms with Crippen LogP contribution in [0, 0.1) is 0 Å². The molecule has 0 radical (unpaired) electrons. The lowest BCUT2D eigenvalue weighted by Gasteiger charge is -2.35. The predicted molar refractivity (Wildman–Crippen MR) is 95.1 cm³/mol. The second-order valence-corrected chi connectivity index (χ2v) is 5.93. The molecule has 1 aromatic carbocycles. The van der Waals surface area contributed by atoms with Crippen LogP contribution in [0.4, 0.5) is 4.79 Å². The van der Waals surface area contributed by atoms with Gasteiger partial charge in [-0.2, -0.15) is 0 Å². The average Bonchev–Trinajstić information content (AvgIpc) is 2.57. The number of benzene rings is 1. The minimum Gasteiger partial charge on any atom is -0.504 e. The summed E-state index contributed by atoms with van der Waals surface area (Å²) in [4.78, 5) is 10.8. The predicted octanol–water partition coefficient (Wildman–Crippen LogP) is 5.04. The minimum atomic E-state index is -1.48. The van der Waals surface area contributed by atoms with Crippen molar-refractivity contribution in [3.05, 3.63) is 23.8 Å². The van der Waals surface area contributed by atoms with Gasteiger partial charge in [0.15, 0.2) is 17.3 Å². The molecule has 6 nitrogen and oxygen atoms in total. The van der Waals surface area contributed by atoms with Gasteiger partial charge >= 0.3 is 6.16 Å². The third-order valence-corrected chi connectivity index (χ3v) is 3.85. The van der Waals surface area contributed by atoms with Crippen LogP contribution in [0.25, 0.3) is 0 Å². The van der Waals surface area contributed by atoms with E-state index in [9.17, 15) is 9.90 Å². The fraction of sp³-hybridized carbons (Fsp3) is 0.632. The van der Waals surface area contributed by atoms with E-state index in [2.05, 4.69) is 18.6 Å². The van der Waals surface area contributed by atoms with E-state index in [0.29, 0.717) is 25.2 Å². The van der Waals surface area contributed by atoms with E-state index in [4.69, 9.17) is 14.6 Å². The Balaban J connectivity index is 3.24. The van der Waals surface area contributed by atoms with Gasteiger partial charge in [0.2, 0.25) is 0 Å². The van der Waals surface area contributed by atoms with Gasteiger partial charge < -0.3 is 24.4 Å². The van der Waals surface area contributed by atoms with Gasteiger partial charge in [-0.3, -0.25) is 0 Å². The molecule has 0 fully saturated rings. The highest BCUT2D eigenvalue weighted by Crippen LogP contribution is 2.42. The maximum atomic E-state index is 10.8. The number of rotatable bonds is 12. The smallest absolute Gasteiger partial charge is 0.504 e. The molecule has 0 aliphatic rings. The lowest BCUT2D eigenvalue weighted by molar-refractivity contribution is -0.252. The Morgan fingerprint density at radius 1 is 1.04 bits per heavy atom. The van der Waals surface area contributed by atoms with Crippen LogP contribution in [0.15, 0.2) is 18.2 Å². The molecule has 0 saturated heterocycles. The molecule has 0 heterocycles. The first-order valence-electron chi connectivity index (χ1n) is 9.01. The third-order valence-electron chi connectivity index (χ3n) is 3.85. The number of carbonyl (C=O) groups is 1. The van der Waals surface area contributed by atoms with Crippen LogP contribution < -0.4 is 4.74 Å². The molecule has 0 aliphatic carbocycles. The lowest BCUT2D eigenvalue weighted by Crippen LogP contribution is -2.34. The summed E-state index contributed by atoms with van der Waals surface area (Å²) in [5.74, 6) is -1.49. The molecule has 0 spiro atoms. The Labute approximate surface area is 149 Å². The maximum Gasteiger partial charge on any atom is 0.511 e. The highest BCUT2D eigenvalue weighted by atomic mass is 16.7. The van der Waals surface area contributed by atoms with Gasteiger partial charge in [-0.05, 0) is 25.0 Å². The molecule has 2 N–H and O–H groups in total. The molecule has 0 aromatic heterocycles. The molecule has 1 rings (SSSR count). The number of para-hydroxylation sites is 1.